The minimum absolute atomic E-state index is 0.0918. The summed E-state index contributed by atoms with van der Waals surface area (Å²) >= 11 is 0. The number of carbonyl (C=O) groups excluding carboxylic acids is 1. The van der Waals surface area contributed by atoms with Crippen molar-refractivity contribution in [2.75, 3.05) is 5.32 Å². The second-order valence-corrected chi connectivity index (χ2v) is 5.98. The van der Waals surface area contributed by atoms with Gasteiger partial charge < -0.3 is 4.42 Å². The van der Waals surface area contributed by atoms with E-state index in [2.05, 4.69) is 15.5 Å². The first-order chi connectivity index (χ1) is 11.4. The number of benzene rings is 2. The number of nitrogens with zero attached hydrogens (tertiary/aromatic N) is 2. The largest absolute Gasteiger partial charge is 0.403 e. The Labute approximate surface area is 140 Å². The molecule has 0 saturated carbocycles. The molecule has 0 saturated heterocycles. The van der Waals surface area contributed by atoms with Crippen molar-refractivity contribution < 1.29 is 9.21 Å². The van der Waals surface area contributed by atoms with Gasteiger partial charge in [-0.1, -0.05) is 28.9 Å². The number of anilines is 1. The fourth-order valence-corrected chi connectivity index (χ4v) is 2.41. The second-order valence-electron chi connectivity index (χ2n) is 5.98. The van der Waals surface area contributed by atoms with Crippen LogP contribution in [0.3, 0.4) is 0 Å². The van der Waals surface area contributed by atoms with Crippen molar-refractivity contribution in [2.24, 2.45) is 0 Å². The van der Waals surface area contributed by atoms with E-state index in [1.165, 1.54) is 5.56 Å². The lowest BCUT2D eigenvalue weighted by molar-refractivity contribution is 0.102. The third-order valence-electron chi connectivity index (χ3n) is 4.04. The zero-order valence-electron chi connectivity index (χ0n) is 14.2. The number of aromatic nitrogens is 2. The van der Waals surface area contributed by atoms with E-state index in [4.69, 9.17) is 4.42 Å². The summed E-state index contributed by atoms with van der Waals surface area (Å²) in [5, 5.41) is 10.6. The Morgan fingerprint density at radius 2 is 1.67 bits per heavy atom. The smallest absolute Gasteiger partial charge is 0.322 e. The first-order valence-corrected chi connectivity index (χ1v) is 7.74. The van der Waals surface area contributed by atoms with Crippen LogP contribution in [0.2, 0.25) is 0 Å². The highest BCUT2D eigenvalue weighted by molar-refractivity contribution is 6.04. The summed E-state index contributed by atoms with van der Waals surface area (Å²) in [5.74, 6) is 0.126. The standard InChI is InChI=1S/C19H19N3O2/c1-11-5-6-13(3)16(9-11)17(23)20-19-22-21-18(24-19)15-8-7-12(2)14(4)10-15/h5-10H,1-4H3,(H,20,22,23). The lowest BCUT2D eigenvalue weighted by Crippen LogP contribution is -2.13. The summed E-state index contributed by atoms with van der Waals surface area (Å²) in [6.45, 7) is 7.91. The number of aryl methyl sites for hydroxylation is 4. The maximum Gasteiger partial charge on any atom is 0.322 e. The average Bonchev–Trinajstić information content (AvgIpc) is 3.00. The van der Waals surface area contributed by atoms with Crippen LogP contribution in [0.4, 0.5) is 6.01 Å². The molecule has 1 amide bonds. The van der Waals surface area contributed by atoms with Gasteiger partial charge in [0.05, 0.1) is 0 Å². The van der Waals surface area contributed by atoms with E-state index in [0.29, 0.717) is 11.5 Å². The van der Waals surface area contributed by atoms with Crippen LogP contribution in [0.1, 0.15) is 32.6 Å². The van der Waals surface area contributed by atoms with E-state index in [1.54, 1.807) is 0 Å². The van der Waals surface area contributed by atoms with Crippen molar-refractivity contribution in [3.8, 4) is 11.5 Å². The van der Waals surface area contributed by atoms with Gasteiger partial charge in [0.25, 0.3) is 5.91 Å². The molecule has 0 aliphatic heterocycles. The van der Waals surface area contributed by atoms with Crippen molar-refractivity contribution in [1.82, 2.24) is 10.2 Å². The normalized spacial score (nSPS) is 10.7. The SMILES string of the molecule is Cc1ccc(C)c(C(=O)Nc2nnc(-c3ccc(C)c(C)c3)o2)c1. The highest BCUT2D eigenvalue weighted by Crippen LogP contribution is 2.23. The van der Waals surface area contributed by atoms with E-state index in [-0.39, 0.29) is 11.9 Å². The van der Waals surface area contributed by atoms with E-state index in [0.717, 1.165) is 22.3 Å². The highest BCUT2D eigenvalue weighted by atomic mass is 16.4. The quantitative estimate of drug-likeness (QED) is 0.784. The zero-order chi connectivity index (χ0) is 17.3. The van der Waals surface area contributed by atoms with Crippen molar-refractivity contribution in [3.63, 3.8) is 0 Å². The van der Waals surface area contributed by atoms with Gasteiger partial charge in [0.15, 0.2) is 0 Å². The topological polar surface area (TPSA) is 68.0 Å². The molecule has 5 nitrogen and oxygen atoms in total. The summed E-state index contributed by atoms with van der Waals surface area (Å²) in [6, 6.07) is 11.7. The lowest BCUT2D eigenvalue weighted by atomic mass is 10.1. The summed E-state index contributed by atoms with van der Waals surface area (Å²) in [4.78, 5) is 12.4. The molecular formula is C19H19N3O2. The summed E-state index contributed by atoms with van der Waals surface area (Å²) < 4.78 is 5.57. The second kappa shape index (κ2) is 6.28. The maximum atomic E-state index is 12.4. The number of amides is 1. The van der Waals surface area contributed by atoms with Crippen LogP contribution in [0, 0.1) is 27.7 Å². The van der Waals surface area contributed by atoms with Gasteiger partial charge in [-0.05, 0) is 62.6 Å². The molecule has 0 bridgehead atoms. The molecule has 122 valence electrons. The fourth-order valence-electron chi connectivity index (χ4n) is 2.41. The van der Waals surface area contributed by atoms with Gasteiger partial charge >= 0.3 is 6.01 Å². The van der Waals surface area contributed by atoms with Gasteiger partial charge in [-0.3, -0.25) is 10.1 Å². The third-order valence-corrected chi connectivity index (χ3v) is 4.04. The summed E-state index contributed by atoms with van der Waals surface area (Å²) in [5.41, 5.74) is 5.69. The molecule has 0 aliphatic carbocycles. The molecule has 5 heteroatoms. The van der Waals surface area contributed by atoms with Crippen LogP contribution in [0.15, 0.2) is 40.8 Å². The molecule has 3 aromatic rings. The van der Waals surface area contributed by atoms with Gasteiger partial charge in [0.1, 0.15) is 0 Å². The third kappa shape index (κ3) is 3.20. The molecule has 3 rings (SSSR count). The molecule has 24 heavy (non-hydrogen) atoms. The van der Waals surface area contributed by atoms with Crippen molar-refractivity contribution in [2.45, 2.75) is 27.7 Å². The van der Waals surface area contributed by atoms with E-state index in [1.807, 2.05) is 64.1 Å². The molecule has 0 fully saturated rings. The van der Waals surface area contributed by atoms with Crippen LogP contribution >= 0.6 is 0 Å². The summed E-state index contributed by atoms with van der Waals surface area (Å²) in [7, 11) is 0. The van der Waals surface area contributed by atoms with Crippen LogP contribution in [-0.2, 0) is 0 Å². The number of hydrogen-bond donors (Lipinski definition) is 1. The molecule has 1 aromatic heterocycles. The fraction of sp³-hybridized carbons (Fsp3) is 0.211. The van der Waals surface area contributed by atoms with Crippen LogP contribution in [0.25, 0.3) is 11.5 Å². The van der Waals surface area contributed by atoms with Gasteiger partial charge in [-0.15, -0.1) is 5.10 Å². The average molecular weight is 321 g/mol. The molecular weight excluding hydrogens is 302 g/mol. The predicted molar refractivity (Wildman–Crippen MR) is 93.1 cm³/mol. The number of carbonyl (C=O) groups is 1. The predicted octanol–water partition coefficient (Wildman–Crippen LogP) is 4.22. The Kier molecular flexibility index (Phi) is 4.16. The van der Waals surface area contributed by atoms with Gasteiger partial charge in [-0.25, -0.2) is 0 Å². The van der Waals surface area contributed by atoms with Gasteiger partial charge in [-0.2, -0.15) is 0 Å². The molecule has 2 aromatic carbocycles. The Hall–Kier alpha value is -2.95. The Morgan fingerprint density at radius 1 is 0.917 bits per heavy atom. The molecule has 1 heterocycles. The van der Waals surface area contributed by atoms with E-state index < -0.39 is 0 Å². The number of nitrogens with one attached hydrogen (secondary N) is 1. The van der Waals surface area contributed by atoms with Crippen LogP contribution in [0.5, 0.6) is 0 Å². The summed E-state index contributed by atoms with van der Waals surface area (Å²) in [6.07, 6.45) is 0. The minimum atomic E-state index is -0.258. The first kappa shape index (κ1) is 15.9. The monoisotopic (exact) mass is 321 g/mol. The van der Waals surface area contributed by atoms with Crippen molar-refractivity contribution in [3.05, 3.63) is 64.2 Å². The highest BCUT2D eigenvalue weighted by Gasteiger charge is 2.14. The lowest BCUT2D eigenvalue weighted by Gasteiger charge is -2.05. The first-order valence-electron chi connectivity index (χ1n) is 7.74. The zero-order valence-corrected chi connectivity index (χ0v) is 14.2. The van der Waals surface area contributed by atoms with Crippen molar-refractivity contribution >= 4 is 11.9 Å². The van der Waals surface area contributed by atoms with E-state index in [9.17, 15) is 4.79 Å². The maximum absolute atomic E-state index is 12.4. The van der Waals surface area contributed by atoms with Gasteiger partial charge in [0.2, 0.25) is 5.89 Å². The van der Waals surface area contributed by atoms with Crippen molar-refractivity contribution in [1.29, 1.82) is 0 Å². The van der Waals surface area contributed by atoms with E-state index >= 15 is 0 Å². The van der Waals surface area contributed by atoms with Crippen LogP contribution in [-0.4, -0.2) is 16.1 Å². The van der Waals surface area contributed by atoms with Crippen LogP contribution < -0.4 is 5.32 Å². The molecule has 0 unspecified atom stereocenters. The number of rotatable bonds is 3. The molecule has 0 spiro atoms. The minimum Gasteiger partial charge on any atom is -0.403 e. The Balaban J connectivity index is 1.82. The molecule has 1 N–H and O–H groups in total. The molecule has 0 radical (unpaired) electrons. The van der Waals surface area contributed by atoms with Gasteiger partial charge in [0, 0.05) is 11.1 Å². The Bertz CT molecular complexity index is 913. The number of hydrogen-bond acceptors (Lipinski definition) is 4. The Morgan fingerprint density at radius 3 is 2.42 bits per heavy atom. The molecule has 0 aliphatic rings. The molecule has 0 atom stereocenters.